The quantitative estimate of drug-likeness (QED) is 0.896. The molecule has 0 radical (unpaired) electrons. The van der Waals surface area contributed by atoms with Crippen LogP contribution in [-0.4, -0.2) is 19.6 Å². The molecule has 1 heterocycles. The Hall–Kier alpha value is -1.09. The third kappa shape index (κ3) is 2.48. The van der Waals surface area contributed by atoms with Gasteiger partial charge in [-0.05, 0) is 43.4 Å². The standard InChI is InChI=1S/C16H23FN2/c1-2-18-9-14-15(17)7-4-8-16(14)19-10-12-5-3-6-13(12)11-19/h4,7-8,12-13,18H,2-3,5-6,9-11H2,1H3. The van der Waals surface area contributed by atoms with E-state index < -0.39 is 0 Å². The molecule has 2 atom stereocenters. The second-order valence-corrected chi connectivity index (χ2v) is 5.87. The molecule has 1 aliphatic carbocycles. The third-order valence-electron chi connectivity index (χ3n) is 4.71. The van der Waals surface area contributed by atoms with E-state index in [1.54, 1.807) is 6.07 Å². The van der Waals surface area contributed by atoms with Gasteiger partial charge in [0, 0.05) is 30.9 Å². The zero-order valence-corrected chi connectivity index (χ0v) is 11.7. The Kier molecular flexibility index (Phi) is 3.74. The van der Waals surface area contributed by atoms with Gasteiger partial charge in [0.05, 0.1) is 0 Å². The highest BCUT2D eigenvalue weighted by Gasteiger charge is 2.36. The van der Waals surface area contributed by atoms with Gasteiger partial charge in [-0.2, -0.15) is 0 Å². The van der Waals surface area contributed by atoms with Crippen molar-refractivity contribution in [2.75, 3.05) is 24.5 Å². The second kappa shape index (κ2) is 5.49. The Balaban J connectivity index is 1.82. The monoisotopic (exact) mass is 262 g/mol. The molecule has 1 saturated heterocycles. The van der Waals surface area contributed by atoms with Crippen molar-refractivity contribution in [1.29, 1.82) is 0 Å². The lowest BCUT2D eigenvalue weighted by Gasteiger charge is -2.23. The summed E-state index contributed by atoms with van der Waals surface area (Å²) in [5, 5.41) is 3.25. The topological polar surface area (TPSA) is 15.3 Å². The van der Waals surface area contributed by atoms with Crippen molar-refractivity contribution in [1.82, 2.24) is 5.32 Å². The van der Waals surface area contributed by atoms with E-state index >= 15 is 0 Å². The van der Waals surface area contributed by atoms with Gasteiger partial charge in [-0.15, -0.1) is 0 Å². The van der Waals surface area contributed by atoms with Crippen molar-refractivity contribution in [3.63, 3.8) is 0 Å². The van der Waals surface area contributed by atoms with Crippen molar-refractivity contribution in [3.05, 3.63) is 29.6 Å². The first-order valence-corrected chi connectivity index (χ1v) is 7.52. The fraction of sp³-hybridized carbons (Fsp3) is 0.625. The molecule has 2 nitrogen and oxygen atoms in total. The zero-order valence-electron chi connectivity index (χ0n) is 11.7. The summed E-state index contributed by atoms with van der Waals surface area (Å²) in [6.07, 6.45) is 4.11. The summed E-state index contributed by atoms with van der Waals surface area (Å²) in [7, 11) is 0. The summed E-state index contributed by atoms with van der Waals surface area (Å²) in [5.74, 6) is 1.61. The first-order chi connectivity index (χ1) is 9.29. The minimum atomic E-state index is -0.0736. The van der Waals surface area contributed by atoms with Crippen molar-refractivity contribution in [2.45, 2.75) is 32.7 Å². The number of halogens is 1. The maximum Gasteiger partial charge on any atom is 0.129 e. The number of nitrogens with zero attached hydrogens (tertiary/aromatic N) is 1. The smallest absolute Gasteiger partial charge is 0.129 e. The molecule has 2 fully saturated rings. The highest BCUT2D eigenvalue weighted by molar-refractivity contribution is 5.55. The number of nitrogens with one attached hydrogen (secondary N) is 1. The molecular formula is C16H23FN2. The molecule has 2 unspecified atom stereocenters. The Bertz CT molecular complexity index is 434. The van der Waals surface area contributed by atoms with Gasteiger partial charge < -0.3 is 10.2 Å². The van der Waals surface area contributed by atoms with E-state index in [9.17, 15) is 4.39 Å². The van der Waals surface area contributed by atoms with Gasteiger partial charge in [0.15, 0.2) is 0 Å². The summed E-state index contributed by atoms with van der Waals surface area (Å²) in [6, 6.07) is 5.50. The molecule has 3 rings (SSSR count). The molecule has 1 aromatic rings. The Morgan fingerprint density at radius 1 is 1.26 bits per heavy atom. The summed E-state index contributed by atoms with van der Waals surface area (Å²) in [5.41, 5.74) is 1.94. The first-order valence-electron chi connectivity index (χ1n) is 7.52. The Morgan fingerprint density at radius 3 is 2.68 bits per heavy atom. The minimum Gasteiger partial charge on any atom is -0.371 e. The number of benzene rings is 1. The molecule has 1 saturated carbocycles. The largest absolute Gasteiger partial charge is 0.371 e. The average molecular weight is 262 g/mol. The van der Waals surface area contributed by atoms with Crippen LogP contribution in [-0.2, 0) is 6.54 Å². The maximum atomic E-state index is 14.1. The van der Waals surface area contributed by atoms with Crippen LogP contribution in [0.4, 0.5) is 10.1 Å². The minimum absolute atomic E-state index is 0.0736. The van der Waals surface area contributed by atoms with E-state index in [0.717, 1.165) is 42.7 Å². The molecule has 0 bridgehead atoms. The van der Waals surface area contributed by atoms with Gasteiger partial charge in [0.1, 0.15) is 5.82 Å². The summed E-state index contributed by atoms with van der Waals surface area (Å²) in [6.45, 7) is 5.80. The maximum absolute atomic E-state index is 14.1. The SMILES string of the molecule is CCNCc1c(F)cccc1N1CC2CCCC2C1. The first kappa shape index (κ1) is 12.9. The normalized spacial score (nSPS) is 25.9. The van der Waals surface area contributed by atoms with E-state index in [1.165, 1.54) is 19.3 Å². The number of anilines is 1. The summed E-state index contributed by atoms with van der Waals surface area (Å²) < 4.78 is 14.1. The predicted octanol–water partition coefficient (Wildman–Crippen LogP) is 3.17. The van der Waals surface area contributed by atoms with Crippen LogP contribution in [0.3, 0.4) is 0 Å². The van der Waals surface area contributed by atoms with Crippen LogP contribution < -0.4 is 10.2 Å². The van der Waals surface area contributed by atoms with Gasteiger partial charge in [0.2, 0.25) is 0 Å². The molecule has 1 aromatic carbocycles. The molecular weight excluding hydrogens is 239 g/mol. The van der Waals surface area contributed by atoms with Crippen LogP contribution in [0.1, 0.15) is 31.7 Å². The molecule has 0 spiro atoms. The van der Waals surface area contributed by atoms with Gasteiger partial charge in [0.25, 0.3) is 0 Å². The van der Waals surface area contributed by atoms with Crippen molar-refractivity contribution in [3.8, 4) is 0 Å². The van der Waals surface area contributed by atoms with Crippen LogP contribution in [0, 0.1) is 17.7 Å². The van der Waals surface area contributed by atoms with E-state index in [2.05, 4.69) is 23.2 Å². The van der Waals surface area contributed by atoms with Gasteiger partial charge in [-0.25, -0.2) is 4.39 Å². The summed E-state index contributed by atoms with van der Waals surface area (Å²) in [4.78, 5) is 2.41. The van der Waals surface area contributed by atoms with Crippen molar-refractivity contribution in [2.24, 2.45) is 11.8 Å². The molecule has 104 valence electrons. The van der Waals surface area contributed by atoms with Gasteiger partial charge >= 0.3 is 0 Å². The van der Waals surface area contributed by atoms with Crippen molar-refractivity contribution < 1.29 is 4.39 Å². The second-order valence-electron chi connectivity index (χ2n) is 5.87. The van der Waals surface area contributed by atoms with E-state index in [0.29, 0.717) is 6.54 Å². The van der Waals surface area contributed by atoms with Crippen LogP contribution in [0.2, 0.25) is 0 Å². The van der Waals surface area contributed by atoms with Crippen LogP contribution in [0.15, 0.2) is 18.2 Å². The number of fused-ring (bicyclic) bond motifs is 1. The fourth-order valence-electron chi connectivity index (χ4n) is 3.70. The third-order valence-corrected chi connectivity index (χ3v) is 4.71. The van der Waals surface area contributed by atoms with Crippen LogP contribution in [0.5, 0.6) is 0 Å². The lowest BCUT2D eigenvalue weighted by Crippen LogP contribution is -2.24. The molecule has 0 aromatic heterocycles. The van der Waals surface area contributed by atoms with E-state index in [4.69, 9.17) is 0 Å². The van der Waals surface area contributed by atoms with E-state index in [1.807, 2.05) is 6.07 Å². The Morgan fingerprint density at radius 2 is 2.00 bits per heavy atom. The molecule has 19 heavy (non-hydrogen) atoms. The predicted molar refractivity (Wildman–Crippen MR) is 76.8 cm³/mol. The van der Waals surface area contributed by atoms with Crippen molar-refractivity contribution >= 4 is 5.69 Å². The van der Waals surface area contributed by atoms with E-state index in [-0.39, 0.29) is 5.82 Å². The zero-order chi connectivity index (χ0) is 13.2. The highest BCUT2D eigenvalue weighted by Crippen LogP contribution is 2.40. The van der Waals surface area contributed by atoms with Gasteiger partial charge in [-0.3, -0.25) is 0 Å². The number of rotatable bonds is 4. The molecule has 3 heteroatoms. The fourth-order valence-corrected chi connectivity index (χ4v) is 3.70. The summed E-state index contributed by atoms with van der Waals surface area (Å²) >= 11 is 0. The van der Waals surface area contributed by atoms with Crippen LogP contribution in [0.25, 0.3) is 0 Å². The number of hydrogen-bond donors (Lipinski definition) is 1. The molecule has 0 amide bonds. The molecule has 2 aliphatic rings. The highest BCUT2D eigenvalue weighted by atomic mass is 19.1. The number of hydrogen-bond acceptors (Lipinski definition) is 2. The lowest BCUT2D eigenvalue weighted by atomic mass is 10.0. The van der Waals surface area contributed by atoms with Crippen LogP contribution >= 0.6 is 0 Å². The molecule has 1 N–H and O–H groups in total. The average Bonchev–Trinajstić information content (AvgIpc) is 2.97. The lowest BCUT2D eigenvalue weighted by molar-refractivity contribution is 0.494. The Labute approximate surface area is 115 Å². The molecule has 1 aliphatic heterocycles. The van der Waals surface area contributed by atoms with Gasteiger partial charge in [-0.1, -0.05) is 19.4 Å².